The summed E-state index contributed by atoms with van der Waals surface area (Å²) in [5, 5.41) is 16.8. The van der Waals surface area contributed by atoms with E-state index in [9.17, 15) is 31.1 Å². The molecule has 0 saturated carbocycles. The molecule has 0 bridgehead atoms. The fourth-order valence-corrected chi connectivity index (χ4v) is 1.74. The molecule has 1 rings (SSSR count). The highest BCUT2D eigenvalue weighted by atomic mass is 35.5. The molecule has 0 radical (unpaired) electrons. The number of hydrogen-bond donors (Lipinski definition) is 2. The van der Waals surface area contributed by atoms with E-state index in [2.05, 4.69) is 0 Å². The van der Waals surface area contributed by atoms with E-state index in [-0.39, 0.29) is 6.07 Å². The minimum atomic E-state index is -5.51. The van der Waals surface area contributed by atoms with Gasteiger partial charge in [0.25, 0.3) is 0 Å². The molecule has 10 heteroatoms. The van der Waals surface area contributed by atoms with Gasteiger partial charge in [-0.25, -0.2) is 4.79 Å². The number of alkyl halides is 6. The van der Waals surface area contributed by atoms with Gasteiger partial charge in [0, 0.05) is 10.6 Å². The van der Waals surface area contributed by atoms with Gasteiger partial charge in [-0.15, -0.1) is 0 Å². The largest absolute Gasteiger partial charge is 0.479 e. The molecule has 0 aliphatic rings. The van der Waals surface area contributed by atoms with E-state index in [4.69, 9.17) is 21.8 Å². The van der Waals surface area contributed by atoms with Crippen LogP contribution in [-0.2, 0) is 17.1 Å². The van der Waals surface area contributed by atoms with E-state index in [0.29, 0.717) is 6.07 Å². The molecule has 0 aliphatic carbocycles. The van der Waals surface area contributed by atoms with Gasteiger partial charge in [-0.05, 0) is 12.1 Å². The van der Waals surface area contributed by atoms with E-state index in [1.165, 1.54) is 0 Å². The molecular weight excluding hydrogens is 318 g/mol. The van der Waals surface area contributed by atoms with Crippen LogP contribution in [0, 0.1) is 0 Å². The van der Waals surface area contributed by atoms with Crippen molar-refractivity contribution in [3.05, 3.63) is 33.8 Å². The maximum Gasteiger partial charge on any atom is 0.417 e. The first kappa shape index (κ1) is 16.6. The van der Waals surface area contributed by atoms with Crippen molar-refractivity contribution in [2.75, 3.05) is 0 Å². The zero-order chi connectivity index (χ0) is 15.9. The lowest BCUT2D eigenvalue weighted by atomic mass is 9.96. The number of carbonyl (C=O) groups is 1. The summed E-state index contributed by atoms with van der Waals surface area (Å²) in [6.07, 6.45) is -13.7. The van der Waals surface area contributed by atoms with Gasteiger partial charge in [-0.3, -0.25) is 0 Å². The normalized spacial score (nSPS) is 14.2. The molecule has 20 heavy (non-hydrogen) atoms. The molecule has 2 N–H and O–H groups in total. The number of carboxylic acid groups (broad SMARTS) is 1. The van der Waals surface area contributed by atoms with Gasteiger partial charge in [0.05, 0.1) is 11.1 Å². The quantitative estimate of drug-likeness (QED) is 0.819. The Morgan fingerprint density at radius 2 is 1.60 bits per heavy atom. The molecule has 1 unspecified atom stereocenters. The molecule has 0 amide bonds. The fourth-order valence-electron chi connectivity index (χ4n) is 1.52. The van der Waals surface area contributed by atoms with Crippen LogP contribution in [0.25, 0.3) is 0 Å². The van der Waals surface area contributed by atoms with Crippen molar-refractivity contribution in [3.8, 4) is 0 Å². The van der Waals surface area contributed by atoms with Gasteiger partial charge in [0.2, 0.25) is 0 Å². The van der Waals surface area contributed by atoms with Gasteiger partial charge in [0.15, 0.2) is 6.10 Å². The standard InChI is InChI=1S/C10H5ClF6O3/c11-3-1-4(7(18)8(19)20)6(10(15,16)17)5(2-3)9(12,13)14/h1-2,7,18H,(H,19,20). The van der Waals surface area contributed by atoms with Crippen molar-refractivity contribution in [1.29, 1.82) is 0 Å². The first-order valence-corrected chi connectivity index (χ1v) is 5.12. The van der Waals surface area contributed by atoms with Gasteiger partial charge in [0.1, 0.15) is 0 Å². The zero-order valence-corrected chi connectivity index (χ0v) is 9.94. The van der Waals surface area contributed by atoms with Crippen molar-refractivity contribution >= 4 is 17.6 Å². The molecule has 112 valence electrons. The molecule has 3 nitrogen and oxygen atoms in total. The van der Waals surface area contributed by atoms with Crippen LogP contribution in [0.1, 0.15) is 22.8 Å². The van der Waals surface area contributed by atoms with E-state index in [1.54, 1.807) is 0 Å². The van der Waals surface area contributed by atoms with Crippen LogP contribution in [0.5, 0.6) is 0 Å². The number of aliphatic hydroxyl groups excluding tert-OH is 1. The molecule has 1 aromatic rings. The monoisotopic (exact) mass is 322 g/mol. The summed E-state index contributed by atoms with van der Waals surface area (Å²) in [6, 6.07) is 0.348. The Kier molecular flexibility index (Phi) is 4.25. The van der Waals surface area contributed by atoms with Gasteiger partial charge < -0.3 is 10.2 Å². The molecule has 1 aromatic carbocycles. The van der Waals surface area contributed by atoms with Crippen LogP contribution in [0.3, 0.4) is 0 Å². The summed E-state index contributed by atoms with van der Waals surface area (Å²) >= 11 is 5.26. The van der Waals surface area contributed by atoms with Crippen LogP contribution in [0.15, 0.2) is 12.1 Å². The molecule has 0 fully saturated rings. The van der Waals surface area contributed by atoms with Crippen molar-refractivity contribution in [2.45, 2.75) is 18.5 Å². The number of hydrogen-bond acceptors (Lipinski definition) is 2. The lowest BCUT2D eigenvalue weighted by Crippen LogP contribution is -2.23. The summed E-state index contributed by atoms with van der Waals surface area (Å²) in [6.45, 7) is 0. The zero-order valence-electron chi connectivity index (χ0n) is 9.18. The van der Waals surface area contributed by atoms with E-state index >= 15 is 0 Å². The highest BCUT2D eigenvalue weighted by molar-refractivity contribution is 6.30. The molecule has 0 heterocycles. The molecule has 0 aliphatic heterocycles. The van der Waals surface area contributed by atoms with Crippen molar-refractivity contribution in [3.63, 3.8) is 0 Å². The first-order chi connectivity index (χ1) is 8.85. The van der Waals surface area contributed by atoms with Crippen molar-refractivity contribution in [2.24, 2.45) is 0 Å². The summed E-state index contributed by atoms with van der Waals surface area (Å²) in [5.74, 6) is -2.13. The number of benzene rings is 1. The highest BCUT2D eigenvalue weighted by Crippen LogP contribution is 2.44. The van der Waals surface area contributed by atoms with Gasteiger partial charge in [-0.1, -0.05) is 11.6 Å². The Balaban J connectivity index is 3.75. The third kappa shape index (κ3) is 3.34. The number of carboxylic acids is 1. The second-order valence-corrected chi connectivity index (χ2v) is 4.09. The Bertz CT molecular complexity index is 537. The Morgan fingerprint density at radius 1 is 1.10 bits per heavy atom. The lowest BCUT2D eigenvalue weighted by Gasteiger charge is -2.21. The average Bonchev–Trinajstić information content (AvgIpc) is 2.23. The van der Waals surface area contributed by atoms with Crippen LogP contribution >= 0.6 is 11.6 Å². The summed E-state index contributed by atoms with van der Waals surface area (Å²) < 4.78 is 76.1. The third-order valence-electron chi connectivity index (χ3n) is 2.25. The Morgan fingerprint density at radius 3 is 1.95 bits per heavy atom. The Labute approximate surface area is 112 Å². The van der Waals surface area contributed by atoms with Gasteiger partial charge >= 0.3 is 18.3 Å². The predicted octanol–water partition coefficient (Wildman–Crippen LogP) is 3.50. The molecule has 0 aromatic heterocycles. The smallest absolute Gasteiger partial charge is 0.417 e. The summed E-state index contributed by atoms with van der Waals surface area (Å²) in [5.41, 5.74) is -5.90. The summed E-state index contributed by atoms with van der Waals surface area (Å²) in [7, 11) is 0. The minimum absolute atomic E-state index is 0.0163. The van der Waals surface area contributed by atoms with Crippen LogP contribution < -0.4 is 0 Å². The van der Waals surface area contributed by atoms with Crippen LogP contribution in [0.2, 0.25) is 5.02 Å². The Hall–Kier alpha value is -1.48. The molecular formula is C10H5ClF6O3. The number of aliphatic carboxylic acids is 1. The topological polar surface area (TPSA) is 57.5 Å². The third-order valence-corrected chi connectivity index (χ3v) is 2.47. The number of aliphatic hydroxyl groups is 1. The second-order valence-electron chi connectivity index (χ2n) is 3.65. The highest BCUT2D eigenvalue weighted by Gasteiger charge is 2.46. The average molecular weight is 323 g/mol. The molecule has 0 saturated heterocycles. The maximum absolute atomic E-state index is 12.7. The number of rotatable bonds is 2. The molecule has 0 spiro atoms. The second kappa shape index (κ2) is 5.13. The maximum atomic E-state index is 12.7. The van der Waals surface area contributed by atoms with Gasteiger partial charge in [-0.2, -0.15) is 26.3 Å². The number of halogens is 7. The van der Waals surface area contributed by atoms with Crippen LogP contribution in [-0.4, -0.2) is 16.2 Å². The SMILES string of the molecule is O=C(O)C(O)c1cc(Cl)cc(C(F)(F)F)c1C(F)(F)F. The first-order valence-electron chi connectivity index (χ1n) is 4.74. The van der Waals surface area contributed by atoms with Crippen LogP contribution in [0.4, 0.5) is 26.3 Å². The predicted molar refractivity (Wildman–Crippen MR) is 54.1 cm³/mol. The van der Waals surface area contributed by atoms with Crippen molar-refractivity contribution < 1.29 is 41.4 Å². The molecule has 1 atom stereocenters. The van der Waals surface area contributed by atoms with Crippen molar-refractivity contribution in [1.82, 2.24) is 0 Å². The lowest BCUT2D eigenvalue weighted by molar-refractivity contribution is -0.164. The van der Waals surface area contributed by atoms with E-state index < -0.39 is 46.1 Å². The van der Waals surface area contributed by atoms with E-state index in [0.717, 1.165) is 0 Å². The van der Waals surface area contributed by atoms with E-state index in [1.807, 2.05) is 0 Å². The minimum Gasteiger partial charge on any atom is -0.479 e. The summed E-state index contributed by atoms with van der Waals surface area (Å²) in [4.78, 5) is 10.5. The fraction of sp³-hybridized carbons (Fsp3) is 0.300.